The third-order valence-corrected chi connectivity index (χ3v) is 7.10. The van der Waals surface area contributed by atoms with Crippen molar-refractivity contribution in [2.45, 2.75) is 19.4 Å². The Morgan fingerprint density at radius 3 is 2.67 bits per heavy atom. The fourth-order valence-electron chi connectivity index (χ4n) is 4.06. The number of rotatable bonds is 12. The van der Waals surface area contributed by atoms with E-state index in [0.717, 1.165) is 47.6 Å². The van der Waals surface area contributed by atoms with Crippen molar-refractivity contribution >= 4 is 28.1 Å². The summed E-state index contributed by atoms with van der Waals surface area (Å²) in [5.41, 5.74) is 2.05. The molecule has 1 aromatic carbocycles. The molecule has 36 heavy (non-hydrogen) atoms. The predicted octanol–water partition coefficient (Wildman–Crippen LogP) is 3.97. The van der Waals surface area contributed by atoms with Gasteiger partial charge in [-0.05, 0) is 59.8 Å². The summed E-state index contributed by atoms with van der Waals surface area (Å²) >= 11 is 1.62. The van der Waals surface area contributed by atoms with Crippen LogP contribution in [0, 0.1) is 0 Å². The minimum Gasteiger partial charge on any atom is -0.494 e. The summed E-state index contributed by atoms with van der Waals surface area (Å²) in [6.45, 7) is 3.66. The lowest BCUT2D eigenvalue weighted by atomic mass is 10.2. The predicted molar refractivity (Wildman–Crippen MR) is 144 cm³/mol. The number of aryl methyl sites for hydroxylation is 1. The molecule has 3 heterocycles. The van der Waals surface area contributed by atoms with E-state index in [9.17, 15) is 9.59 Å². The van der Waals surface area contributed by atoms with Crippen LogP contribution < -0.4 is 10.3 Å². The van der Waals surface area contributed by atoms with Gasteiger partial charge in [0, 0.05) is 69.0 Å². The van der Waals surface area contributed by atoms with E-state index in [4.69, 9.17) is 4.74 Å². The van der Waals surface area contributed by atoms with Crippen LogP contribution in [0.4, 0.5) is 0 Å². The van der Waals surface area contributed by atoms with E-state index < -0.39 is 0 Å². The van der Waals surface area contributed by atoms with E-state index in [2.05, 4.69) is 9.88 Å². The van der Waals surface area contributed by atoms with Gasteiger partial charge in [-0.3, -0.25) is 19.5 Å². The molecule has 0 fully saturated rings. The van der Waals surface area contributed by atoms with Crippen LogP contribution in [0.15, 0.2) is 77.2 Å². The molecule has 0 spiro atoms. The van der Waals surface area contributed by atoms with Gasteiger partial charge >= 0.3 is 0 Å². The number of pyridine rings is 2. The average Bonchev–Trinajstić information content (AvgIpc) is 3.40. The van der Waals surface area contributed by atoms with Crippen LogP contribution in [0.5, 0.6) is 5.75 Å². The molecule has 0 N–H and O–H groups in total. The molecule has 0 unspecified atom stereocenters. The zero-order valence-electron chi connectivity index (χ0n) is 20.8. The minimum atomic E-state index is -0.0238. The normalized spacial score (nSPS) is 11.2. The lowest BCUT2D eigenvalue weighted by Gasteiger charge is -2.26. The van der Waals surface area contributed by atoms with Gasteiger partial charge in [0.05, 0.1) is 18.5 Å². The Morgan fingerprint density at radius 1 is 1.06 bits per heavy atom. The maximum absolute atomic E-state index is 12.6. The number of nitrogens with zero attached hydrogens (tertiary/aromatic N) is 4. The average molecular weight is 505 g/mol. The van der Waals surface area contributed by atoms with Crippen molar-refractivity contribution in [3.05, 3.63) is 93.2 Å². The molecule has 1 amide bonds. The number of likely N-dealkylation sites (N-methyl/N-ethyl adjacent to an activating group) is 1. The van der Waals surface area contributed by atoms with Crippen LogP contribution in [0.2, 0.25) is 0 Å². The van der Waals surface area contributed by atoms with Gasteiger partial charge in [0.2, 0.25) is 5.91 Å². The molecule has 0 aliphatic heterocycles. The van der Waals surface area contributed by atoms with Gasteiger partial charge in [-0.2, -0.15) is 0 Å². The summed E-state index contributed by atoms with van der Waals surface area (Å²) in [6.07, 6.45) is 4.92. The number of benzene rings is 1. The van der Waals surface area contributed by atoms with Gasteiger partial charge in [0.25, 0.3) is 5.56 Å². The highest BCUT2D eigenvalue weighted by molar-refractivity contribution is 7.10. The van der Waals surface area contributed by atoms with E-state index in [1.54, 1.807) is 29.0 Å². The van der Waals surface area contributed by atoms with Crippen molar-refractivity contribution in [3.8, 4) is 5.75 Å². The topological polar surface area (TPSA) is 67.7 Å². The first-order chi connectivity index (χ1) is 17.5. The molecule has 8 heteroatoms. The van der Waals surface area contributed by atoms with E-state index in [0.29, 0.717) is 19.6 Å². The van der Waals surface area contributed by atoms with Crippen molar-refractivity contribution < 1.29 is 9.53 Å². The van der Waals surface area contributed by atoms with Crippen LogP contribution in [-0.2, 0) is 24.8 Å². The van der Waals surface area contributed by atoms with Gasteiger partial charge in [0.1, 0.15) is 5.75 Å². The Hall–Kier alpha value is -3.49. The molecule has 0 aliphatic carbocycles. The Bertz CT molecular complexity index is 1320. The molecule has 0 bridgehead atoms. The fourth-order valence-corrected chi connectivity index (χ4v) is 4.76. The number of fused-ring (bicyclic) bond motifs is 1. The van der Waals surface area contributed by atoms with Crippen LogP contribution in [0.1, 0.15) is 16.9 Å². The van der Waals surface area contributed by atoms with Crippen LogP contribution in [0.25, 0.3) is 10.9 Å². The number of ether oxygens (including phenoxy) is 1. The first-order valence-corrected chi connectivity index (χ1v) is 13.0. The van der Waals surface area contributed by atoms with E-state index in [-0.39, 0.29) is 11.5 Å². The molecular weight excluding hydrogens is 472 g/mol. The van der Waals surface area contributed by atoms with Gasteiger partial charge in [-0.15, -0.1) is 11.3 Å². The van der Waals surface area contributed by atoms with Crippen molar-refractivity contribution in [1.29, 1.82) is 0 Å². The quantitative estimate of drug-likeness (QED) is 0.273. The van der Waals surface area contributed by atoms with E-state index >= 15 is 0 Å². The molecule has 0 saturated heterocycles. The molecule has 4 aromatic rings. The van der Waals surface area contributed by atoms with Crippen molar-refractivity contribution in [1.82, 2.24) is 19.4 Å². The summed E-state index contributed by atoms with van der Waals surface area (Å²) in [7, 11) is 3.65. The highest BCUT2D eigenvalue weighted by Crippen LogP contribution is 2.19. The maximum Gasteiger partial charge on any atom is 0.250 e. The first-order valence-electron chi connectivity index (χ1n) is 12.1. The van der Waals surface area contributed by atoms with E-state index in [1.807, 2.05) is 78.3 Å². The molecule has 4 rings (SSSR count). The monoisotopic (exact) mass is 504 g/mol. The van der Waals surface area contributed by atoms with Crippen molar-refractivity contribution in [2.24, 2.45) is 7.05 Å². The SMILES string of the molecule is CN(CCN(CCCOc1ccc2c(ccc(=O)n2C)c1)Cc1ccncc1)C(=O)Cc1cccs1. The molecular formula is C28H32N4O3S. The lowest BCUT2D eigenvalue weighted by molar-refractivity contribution is -0.129. The fraction of sp³-hybridized carbons (Fsp3) is 0.321. The second-order valence-corrected chi connectivity index (χ2v) is 9.89. The van der Waals surface area contributed by atoms with Crippen LogP contribution >= 0.6 is 11.3 Å². The second-order valence-electron chi connectivity index (χ2n) is 8.86. The van der Waals surface area contributed by atoms with E-state index in [1.165, 1.54) is 5.56 Å². The molecule has 0 saturated carbocycles. The number of hydrogen-bond donors (Lipinski definition) is 0. The van der Waals surface area contributed by atoms with Crippen LogP contribution in [-0.4, -0.2) is 58.5 Å². The summed E-state index contributed by atoms with van der Waals surface area (Å²) < 4.78 is 7.66. The maximum atomic E-state index is 12.6. The molecule has 0 radical (unpaired) electrons. The molecule has 7 nitrogen and oxygen atoms in total. The number of carbonyl (C=O) groups is 1. The van der Waals surface area contributed by atoms with Crippen molar-refractivity contribution in [3.63, 3.8) is 0 Å². The van der Waals surface area contributed by atoms with Gasteiger partial charge in [-0.25, -0.2) is 0 Å². The molecule has 0 aliphatic rings. The summed E-state index contributed by atoms with van der Waals surface area (Å²) in [5, 5.41) is 2.98. The smallest absolute Gasteiger partial charge is 0.250 e. The third kappa shape index (κ3) is 7.02. The standard InChI is InChI=1S/C28H32N4O3S/c1-30(28(34)20-25-5-3-18-36-25)15-16-32(21-22-10-12-29-13-11-22)14-4-17-35-24-7-8-26-23(19-24)6-9-27(33)31(26)2/h3,5-13,18-19H,4,14-17,20-21H2,1-2H3. The minimum absolute atomic E-state index is 0.0238. The largest absolute Gasteiger partial charge is 0.494 e. The third-order valence-electron chi connectivity index (χ3n) is 6.22. The molecule has 3 aromatic heterocycles. The number of aromatic nitrogens is 2. The van der Waals surface area contributed by atoms with Gasteiger partial charge in [-0.1, -0.05) is 6.07 Å². The molecule has 0 atom stereocenters. The zero-order chi connectivity index (χ0) is 25.3. The number of carbonyl (C=O) groups excluding carboxylic acids is 1. The number of hydrogen-bond acceptors (Lipinski definition) is 6. The van der Waals surface area contributed by atoms with Crippen LogP contribution in [0.3, 0.4) is 0 Å². The highest BCUT2D eigenvalue weighted by Gasteiger charge is 2.13. The van der Waals surface area contributed by atoms with Gasteiger partial charge in [0.15, 0.2) is 0 Å². The number of amides is 1. The second kappa shape index (κ2) is 12.5. The summed E-state index contributed by atoms with van der Waals surface area (Å²) in [5.74, 6) is 0.930. The summed E-state index contributed by atoms with van der Waals surface area (Å²) in [4.78, 5) is 33.8. The Morgan fingerprint density at radius 2 is 1.89 bits per heavy atom. The Kier molecular flexibility index (Phi) is 8.86. The Labute approximate surface area is 215 Å². The Balaban J connectivity index is 1.30. The van der Waals surface area contributed by atoms with Gasteiger partial charge < -0.3 is 14.2 Å². The zero-order valence-corrected chi connectivity index (χ0v) is 21.6. The van der Waals surface area contributed by atoms with Crippen molar-refractivity contribution in [2.75, 3.05) is 33.3 Å². The number of thiophene rings is 1. The lowest BCUT2D eigenvalue weighted by Crippen LogP contribution is -2.37. The first kappa shape index (κ1) is 25.6. The highest BCUT2D eigenvalue weighted by atomic mass is 32.1. The summed E-state index contributed by atoms with van der Waals surface area (Å²) in [6, 6.07) is 17.2. The molecule has 188 valence electrons.